The van der Waals surface area contributed by atoms with Crippen LogP contribution in [0.1, 0.15) is 0 Å². The zero-order valence-corrected chi connectivity index (χ0v) is 13.7. The minimum atomic E-state index is -1.69. The molecule has 0 radical (unpaired) electrons. The molecule has 1 aliphatic carbocycles. The molecule has 4 aromatic carbocycles. The lowest BCUT2D eigenvalue weighted by molar-refractivity contribution is 0.426. The number of hydrogen-bond acceptors (Lipinski definition) is 4. The van der Waals surface area contributed by atoms with Crippen LogP contribution in [0.4, 0.5) is 0 Å². The van der Waals surface area contributed by atoms with Crippen LogP contribution in [-0.2, 0) is 0 Å². The zero-order valence-electron chi connectivity index (χ0n) is 13.7. The van der Waals surface area contributed by atoms with Crippen LogP contribution in [0.3, 0.4) is 0 Å². The van der Waals surface area contributed by atoms with Gasteiger partial charge in [-0.2, -0.15) is 0 Å². The van der Waals surface area contributed by atoms with E-state index in [-0.39, 0.29) is 10.9 Å². The molecule has 124 valence electrons. The highest BCUT2D eigenvalue weighted by Crippen LogP contribution is 2.47. The highest BCUT2D eigenvalue weighted by molar-refractivity contribution is 6.69. The number of fused-ring (bicyclic) bond motifs is 4. The van der Waals surface area contributed by atoms with Gasteiger partial charge in [-0.25, -0.2) is 0 Å². The Bertz CT molecular complexity index is 1110. The molecule has 4 aromatic rings. The first kappa shape index (κ1) is 15.6. The molecule has 1 aliphatic rings. The Hall–Kier alpha value is -2.63. The Labute approximate surface area is 150 Å². The fourth-order valence-electron chi connectivity index (χ4n) is 4.11. The Morgan fingerprint density at radius 1 is 0.500 bits per heavy atom. The molecule has 0 bridgehead atoms. The molecule has 0 aliphatic heterocycles. The Balaban J connectivity index is 1.95. The van der Waals surface area contributed by atoms with Crippen molar-refractivity contribution in [2.75, 3.05) is 0 Å². The molecule has 26 heavy (non-hydrogen) atoms. The van der Waals surface area contributed by atoms with Gasteiger partial charge in [0.25, 0.3) is 0 Å². The highest BCUT2D eigenvalue weighted by atomic mass is 16.4. The van der Waals surface area contributed by atoms with Gasteiger partial charge >= 0.3 is 14.2 Å². The van der Waals surface area contributed by atoms with E-state index in [0.717, 1.165) is 38.4 Å². The first-order valence-corrected chi connectivity index (χ1v) is 8.41. The van der Waals surface area contributed by atoms with E-state index in [1.807, 2.05) is 24.3 Å². The molecule has 0 unspecified atom stereocenters. The molecule has 0 saturated heterocycles. The summed E-state index contributed by atoms with van der Waals surface area (Å²) in [6.07, 6.45) is 0. The molecule has 0 atom stereocenters. The van der Waals surface area contributed by atoms with Crippen molar-refractivity contribution in [2.45, 2.75) is 0 Å². The molecule has 4 N–H and O–H groups in total. The van der Waals surface area contributed by atoms with E-state index >= 15 is 0 Å². The molecular formula is C20H14B2O4. The average molecular weight is 340 g/mol. The lowest BCUT2D eigenvalue weighted by atomic mass is 9.68. The summed E-state index contributed by atoms with van der Waals surface area (Å²) >= 11 is 0. The fourth-order valence-corrected chi connectivity index (χ4v) is 4.11. The van der Waals surface area contributed by atoms with Crippen molar-refractivity contribution in [3.63, 3.8) is 0 Å². The van der Waals surface area contributed by atoms with Crippen LogP contribution in [0.15, 0.2) is 60.7 Å². The van der Waals surface area contributed by atoms with Crippen molar-refractivity contribution in [3.05, 3.63) is 60.7 Å². The second-order valence-corrected chi connectivity index (χ2v) is 6.65. The normalized spacial score (nSPS) is 11.8. The van der Waals surface area contributed by atoms with Crippen LogP contribution < -0.4 is 10.9 Å². The second kappa shape index (κ2) is 5.43. The standard InChI is InChI=1S/C20H14B2O4/c23-21(24)17-7-5-13-15-9-11-3-1-2-4-12(11)10-16(15)14-6-8-18(22(25)26)20(17)19(13)14/h1-10,23-26H. The minimum absolute atomic E-state index is 0.270. The van der Waals surface area contributed by atoms with Gasteiger partial charge in [0.05, 0.1) is 0 Å². The molecular weight excluding hydrogens is 326 g/mol. The summed E-state index contributed by atoms with van der Waals surface area (Å²) < 4.78 is 0. The van der Waals surface area contributed by atoms with Crippen molar-refractivity contribution in [1.29, 1.82) is 0 Å². The third-order valence-corrected chi connectivity index (χ3v) is 5.25. The van der Waals surface area contributed by atoms with Crippen molar-refractivity contribution in [1.82, 2.24) is 0 Å². The first-order chi connectivity index (χ1) is 12.6. The Morgan fingerprint density at radius 2 is 0.962 bits per heavy atom. The Morgan fingerprint density at radius 3 is 1.38 bits per heavy atom. The maximum Gasteiger partial charge on any atom is 0.489 e. The van der Waals surface area contributed by atoms with E-state index in [0.29, 0.717) is 5.39 Å². The number of benzene rings is 4. The molecule has 0 fully saturated rings. The van der Waals surface area contributed by atoms with Gasteiger partial charge in [0.1, 0.15) is 0 Å². The van der Waals surface area contributed by atoms with Crippen LogP contribution in [0.2, 0.25) is 0 Å². The topological polar surface area (TPSA) is 80.9 Å². The minimum Gasteiger partial charge on any atom is -0.423 e. The van der Waals surface area contributed by atoms with E-state index in [1.165, 1.54) is 0 Å². The van der Waals surface area contributed by atoms with Gasteiger partial charge in [-0.05, 0) is 66.9 Å². The second-order valence-electron chi connectivity index (χ2n) is 6.65. The average Bonchev–Trinajstić information content (AvgIpc) is 2.94. The van der Waals surface area contributed by atoms with Gasteiger partial charge in [0.15, 0.2) is 0 Å². The van der Waals surface area contributed by atoms with Crippen LogP contribution in [0.5, 0.6) is 0 Å². The SMILES string of the molecule is OB(O)c1ccc2c3c(ccc(B(O)O)c13)-c1cc3ccccc3cc1-2. The van der Waals surface area contributed by atoms with Gasteiger partial charge in [-0.1, -0.05) is 48.5 Å². The van der Waals surface area contributed by atoms with E-state index in [4.69, 9.17) is 0 Å². The van der Waals surface area contributed by atoms with Gasteiger partial charge in [0, 0.05) is 0 Å². The van der Waals surface area contributed by atoms with Crippen molar-refractivity contribution < 1.29 is 20.1 Å². The molecule has 5 rings (SSSR count). The Kier molecular flexibility index (Phi) is 3.26. The summed E-state index contributed by atoms with van der Waals surface area (Å²) in [5.74, 6) is 0. The van der Waals surface area contributed by atoms with Gasteiger partial charge in [-0.15, -0.1) is 0 Å². The number of hydrogen-bond donors (Lipinski definition) is 4. The quantitative estimate of drug-likeness (QED) is 0.362. The monoisotopic (exact) mass is 340 g/mol. The fraction of sp³-hybridized carbons (Fsp3) is 0. The van der Waals surface area contributed by atoms with Crippen LogP contribution in [0, 0.1) is 0 Å². The van der Waals surface area contributed by atoms with Crippen LogP contribution >= 0.6 is 0 Å². The smallest absolute Gasteiger partial charge is 0.423 e. The summed E-state index contributed by atoms with van der Waals surface area (Å²) in [4.78, 5) is 0. The molecule has 0 heterocycles. The van der Waals surface area contributed by atoms with Gasteiger partial charge < -0.3 is 20.1 Å². The summed E-state index contributed by atoms with van der Waals surface area (Å²) in [7, 11) is -3.39. The summed E-state index contributed by atoms with van der Waals surface area (Å²) in [5.41, 5.74) is 4.59. The van der Waals surface area contributed by atoms with Gasteiger partial charge in [0.2, 0.25) is 0 Å². The third-order valence-electron chi connectivity index (χ3n) is 5.25. The van der Waals surface area contributed by atoms with Crippen LogP contribution in [0.25, 0.3) is 43.8 Å². The number of rotatable bonds is 2. The summed E-state index contributed by atoms with van der Waals surface area (Å²) in [5, 5.41) is 42.7. The molecule has 0 saturated carbocycles. The van der Waals surface area contributed by atoms with Gasteiger partial charge in [-0.3, -0.25) is 0 Å². The van der Waals surface area contributed by atoms with E-state index in [1.54, 1.807) is 12.1 Å². The van der Waals surface area contributed by atoms with E-state index < -0.39 is 14.2 Å². The maximum atomic E-state index is 9.79. The lowest BCUT2D eigenvalue weighted by Gasteiger charge is -2.13. The van der Waals surface area contributed by atoms with E-state index in [9.17, 15) is 20.1 Å². The molecule has 0 aromatic heterocycles. The third kappa shape index (κ3) is 2.01. The molecule has 6 heteroatoms. The maximum absolute atomic E-state index is 9.79. The van der Waals surface area contributed by atoms with Crippen molar-refractivity contribution in [3.8, 4) is 22.3 Å². The molecule has 0 spiro atoms. The molecule has 4 nitrogen and oxygen atoms in total. The summed E-state index contributed by atoms with van der Waals surface area (Å²) in [6, 6.07) is 19.4. The van der Waals surface area contributed by atoms with E-state index in [2.05, 4.69) is 24.3 Å². The van der Waals surface area contributed by atoms with Crippen LogP contribution in [-0.4, -0.2) is 34.3 Å². The lowest BCUT2D eigenvalue weighted by Crippen LogP contribution is -2.38. The zero-order chi connectivity index (χ0) is 18.0. The van der Waals surface area contributed by atoms with Crippen molar-refractivity contribution in [2.24, 2.45) is 0 Å². The first-order valence-electron chi connectivity index (χ1n) is 8.41. The predicted molar refractivity (Wildman–Crippen MR) is 106 cm³/mol. The summed E-state index contributed by atoms with van der Waals surface area (Å²) in [6.45, 7) is 0. The van der Waals surface area contributed by atoms with Crippen molar-refractivity contribution >= 4 is 46.7 Å². The largest absolute Gasteiger partial charge is 0.489 e. The predicted octanol–water partition coefficient (Wildman–Crippen LogP) is 1.000. The highest BCUT2D eigenvalue weighted by Gasteiger charge is 2.29. The molecule has 0 amide bonds.